The van der Waals surface area contributed by atoms with E-state index in [-0.39, 0.29) is 0 Å². The minimum atomic E-state index is 0.478. The number of rotatable bonds is 6. The molecule has 5 heteroatoms. The Hall–Kier alpha value is -2.82. The van der Waals surface area contributed by atoms with Crippen LogP contribution < -0.4 is 4.74 Å². The van der Waals surface area contributed by atoms with Crippen LogP contribution in [0.4, 0.5) is 0 Å². The smallest absolute Gasteiger partial charge is 0.263 e. The molecular weight excluding hydrogens is 282 g/mol. The quantitative estimate of drug-likeness (QED) is 0.649. The summed E-state index contributed by atoms with van der Waals surface area (Å²) in [6, 6.07) is 10.6. The van der Waals surface area contributed by atoms with Crippen molar-refractivity contribution in [3.8, 4) is 17.4 Å². The molecule has 0 spiro atoms. The van der Waals surface area contributed by atoms with E-state index < -0.39 is 0 Å². The zero-order valence-electron chi connectivity index (χ0n) is 12.1. The lowest BCUT2D eigenvalue weighted by molar-refractivity contribution is 0.112. The first-order valence-corrected chi connectivity index (χ1v) is 6.94. The molecule has 3 aromatic rings. The van der Waals surface area contributed by atoms with E-state index in [1.54, 1.807) is 42.7 Å². The van der Waals surface area contributed by atoms with Crippen molar-refractivity contribution in [1.29, 1.82) is 0 Å². The molecule has 112 valence electrons. The first-order chi connectivity index (χ1) is 10.8. The molecule has 1 aromatic carbocycles. The highest BCUT2D eigenvalue weighted by Gasteiger charge is 2.13. The molecule has 0 unspecified atom stereocenters. The van der Waals surface area contributed by atoms with Gasteiger partial charge >= 0.3 is 0 Å². The molecule has 2 aromatic heterocycles. The lowest BCUT2D eigenvalue weighted by Crippen LogP contribution is -2.02. The fourth-order valence-corrected chi connectivity index (χ4v) is 2.07. The van der Waals surface area contributed by atoms with Crippen LogP contribution in [0.15, 0.2) is 51.5 Å². The number of hydrogen-bond acceptors (Lipinski definition) is 5. The van der Waals surface area contributed by atoms with Crippen LogP contribution in [0.5, 0.6) is 5.75 Å². The summed E-state index contributed by atoms with van der Waals surface area (Å²) in [7, 11) is 0. The Bertz CT molecular complexity index is 742. The summed E-state index contributed by atoms with van der Waals surface area (Å²) < 4.78 is 16.5. The first kappa shape index (κ1) is 14.1. The van der Waals surface area contributed by atoms with Gasteiger partial charge < -0.3 is 13.6 Å². The minimum absolute atomic E-state index is 0.478. The molecule has 3 rings (SSSR count). The van der Waals surface area contributed by atoms with Crippen LogP contribution >= 0.6 is 0 Å². The van der Waals surface area contributed by atoms with Gasteiger partial charge in [-0.1, -0.05) is 0 Å². The third kappa shape index (κ3) is 3.09. The van der Waals surface area contributed by atoms with E-state index in [0.717, 1.165) is 23.5 Å². The van der Waals surface area contributed by atoms with Crippen molar-refractivity contribution in [2.24, 2.45) is 0 Å². The Morgan fingerprint density at radius 3 is 2.73 bits per heavy atom. The highest BCUT2D eigenvalue weighted by atomic mass is 16.5. The van der Waals surface area contributed by atoms with Crippen LogP contribution in [0.1, 0.15) is 21.8 Å². The molecule has 0 radical (unpaired) electrons. The monoisotopic (exact) mass is 297 g/mol. The van der Waals surface area contributed by atoms with Crippen LogP contribution in [-0.2, 0) is 6.42 Å². The summed E-state index contributed by atoms with van der Waals surface area (Å²) >= 11 is 0. The summed E-state index contributed by atoms with van der Waals surface area (Å²) in [5, 5.41) is 0. The van der Waals surface area contributed by atoms with Gasteiger partial charge in [0.2, 0.25) is 0 Å². The molecule has 0 aliphatic carbocycles. The molecule has 0 aliphatic rings. The van der Waals surface area contributed by atoms with Crippen molar-refractivity contribution in [3.63, 3.8) is 0 Å². The SMILES string of the molecule is Cc1oc(-c2ccco2)nc1CCOc1ccc(C=O)cc1. The molecule has 2 heterocycles. The van der Waals surface area contributed by atoms with Gasteiger partial charge in [-0.25, -0.2) is 4.98 Å². The fourth-order valence-electron chi connectivity index (χ4n) is 2.07. The van der Waals surface area contributed by atoms with Gasteiger partial charge in [-0.2, -0.15) is 0 Å². The lowest BCUT2D eigenvalue weighted by atomic mass is 10.2. The molecule has 0 atom stereocenters. The fraction of sp³-hybridized carbons (Fsp3) is 0.176. The maximum atomic E-state index is 10.6. The zero-order chi connectivity index (χ0) is 15.4. The van der Waals surface area contributed by atoms with Crippen molar-refractivity contribution in [1.82, 2.24) is 4.98 Å². The molecule has 0 amide bonds. The van der Waals surface area contributed by atoms with Crippen LogP contribution in [-0.4, -0.2) is 17.9 Å². The maximum Gasteiger partial charge on any atom is 0.263 e. The lowest BCUT2D eigenvalue weighted by Gasteiger charge is -2.04. The predicted molar refractivity (Wildman–Crippen MR) is 80.0 cm³/mol. The van der Waals surface area contributed by atoms with Crippen molar-refractivity contribution >= 4 is 6.29 Å². The number of aryl methyl sites for hydroxylation is 1. The highest BCUT2D eigenvalue weighted by molar-refractivity contribution is 5.74. The number of carbonyl (C=O) groups is 1. The second kappa shape index (κ2) is 6.30. The minimum Gasteiger partial charge on any atom is -0.493 e. The van der Waals surface area contributed by atoms with Crippen LogP contribution in [0, 0.1) is 6.92 Å². The average Bonchev–Trinajstić information content (AvgIpc) is 3.18. The van der Waals surface area contributed by atoms with Crippen molar-refractivity contribution < 1.29 is 18.4 Å². The molecule has 0 aliphatic heterocycles. The number of aromatic nitrogens is 1. The second-order valence-corrected chi connectivity index (χ2v) is 4.78. The Morgan fingerprint density at radius 2 is 2.05 bits per heavy atom. The van der Waals surface area contributed by atoms with Gasteiger partial charge in [-0.05, 0) is 43.3 Å². The van der Waals surface area contributed by atoms with Gasteiger partial charge in [0, 0.05) is 12.0 Å². The normalized spacial score (nSPS) is 10.6. The van der Waals surface area contributed by atoms with E-state index in [2.05, 4.69) is 4.98 Å². The molecule has 0 N–H and O–H groups in total. The molecule has 0 saturated carbocycles. The van der Waals surface area contributed by atoms with Gasteiger partial charge in [0.1, 0.15) is 17.8 Å². The van der Waals surface area contributed by atoms with Crippen LogP contribution in [0.25, 0.3) is 11.7 Å². The molecule has 0 fully saturated rings. The summed E-state index contributed by atoms with van der Waals surface area (Å²) in [6.45, 7) is 2.35. The maximum absolute atomic E-state index is 10.6. The third-order valence-electron chi connectivity index (χ3n) is 3.25. The van der Waals surface area contributed by atoms with Crippen molar-refractivity contribution in [2.75, 3.05) is 6.61 Å². The Labute approximate surface area is 127 Å². The molecular formula is C17H15NO4. The van der Waals surface area contributed by atoms with E-state index in [1.807, 2.05) is 6.92 Å². The standard InChI is InChI=1S/C17H15NO4/c1-12-15(18-17(22-12)16-3-2-9-21-16)8-10-20-14-6-4-13(11-19)5-7-14/h2-7,9,11H,8,10H2,1H3. The Balaban J connectivity index is 1.60. The van der Waals surface area contributed by atoms with Gasteiger partial charge in [0.05, 0.1) is 18.6 Å². The molecule has 22 heavy (non-hydrogen) atoms. The second-order valence-electron chi connectivity index (χ2n) is 4.78. The largest absolute Gasteiger partial charge is 0.493 e. The topological polar surface area (TPSA) is 65.5 Å². The Kier molecular flexibility index (Phi) is 4.05. The van der Waals surface area contributed by atoms with E-state index >= 15 is 0 Å². The molecule has 0 saturated heterocycles. The average molecular weight is 297 g/mol. The van der Waals surface area contributed by atoms with Gasteiger partial charge in [0.25, 0.3) is 5.89 Å². The number of oxazole rings is 1. The summed E-state index contributed by atoms with van der Waals surface area (Å²) in [6.07, 6.45) is 3.02. The van der Waals surface area contributed by atoms with E-state index in [1.165, 1.54) is 0 Å². The van der Waals surface area contributed by atoms with Crippen LogP contribution in [0.3, 0.4) is 0 Å². The first-order valence-electron chi connectivity index (χ1n) is 6.94. The summed E-state index contributed by atoms with van der Waals surface area (Å²) in [5.74, 6) is 2.57. The number of carbonyl (C=O) groups excluding carboxylic acids is 1. The number of ether oxygens (including phenoxy) is 1. The Morgan fingerprint density at radius 1 is 1.23 bits per heavy atom. The summed E-state index contributed by atoms with van der Waals surface area (Å²) in [5.41, 5.74) is 1.47. The summed E-state index contributed by atoms with van der Waals surface area (Å²) in [4.78, 5) is 15.0. The van der Waals surface area contributed by atoms with E-state index in [0.29, 0.717) is 30.2 Å². The van der Waals surface area contributed by atoms with E-state index in [4.69, 9.17) is 13.6 Å². The third-order valence-corrected chi connectivity index (χ3v) is 3.25. The number of aldehydes is 1. The van der Waals surface area contributed by atoms with Crippen molar-refractivity contribution in [3.05, 3.63) is 59.7 Å². The van der Waals surface area contributed by atoms with Gasteiger partial charge in [-0.3, -0.25) is 4.79 Å². The number of hydrogen-bond donors (Lipinski definition) is 0. The van der Waals surface area contributed by atoms with Gasteiger partial charge in [-0.15, -0.1) is 0 Å². The van der Waals surface area contributed by atoms with Gasteiger partial charge in [0.15, 0.2) is 5.76 Å². The highest BCUT2D eigenvalue weighted by Crippen LogP contribution is 2.22. The van der Waals surface area contributed by atoms with E-state index in [9.17, 15) is 4.79 Å². The number of benzene rings is 1. The zero-order valence-corrected chi connectivity index (χ0v) is 12.1. The number of furan rings is 1. The molecule has 5 nitrogen and oxygen atoms in total. The van der Waals surface area contributed by atoms with Crippen molar-refractivity contribution in [2.45, 2.75) is 13.3 Å². The van der Waals surface area contributed by atoms with Crippen LogP contribution in [0.2, 0.25) is 0 Å². The molecule has 0 bridgehead atoms. The number of nitrogens with zero attached hydrogens (tertiary/aromatic N) is 1. The predicted octanol–water partition coefficient (Wildman–Crippen LogP) is 3.68.